The van der Waals surface area contributed by atoms with E-state index in [4.69, 9.17) is 23.2 Å². The van der Waals surface area contributed by atoms with Gasteiger partial charge in [-0.2, -0.15) is 13.2 Å². The summed E-state index contributed by atoms with van der Waals surface area (Å²) >= 11 is 12.3. The van der Waals surface area contributed by atoms with Crippen LogP contribution in [-0.2, 0) is 14.4 Å². The standard InChI is InChI=1S/C26H32Cl2F3N3O3/c1-25(9-10-25)24(37)33-11-6-16(7-12-33)23(36)34-14-18(17-3-4-19(27)20(28)13-17)21(15-34)32(2)22(35)5-8-26(29,30)31/h3-4,13,16,18,21H,5-12,14-15H2,1-2H3/t18-,21+/m1/s1. The quantitative estimate of drug-likeness (QED) is 0.484. The molecule has 3 fully saturated rings. The van der Waals surface area contributed by atoms with E-state index < -0.39 is 31.0 Å². The molecule has 1 aromatic carbocycles. The topological polar surface area (TPSA) is 60.9 Å². The fourth-order valence-corrected chi connectivity index (χ4v) is 5.72. The third-order valence-electron chi connectivity index (χ3n) is 8.13. The molecule has 3 amide bonds. The van der Waals surface area contributed by atoms with Crippen molar-refractivity contribution in [3.8, 4) is 0 Å². The van der Waals surface area contributed by atoms with Crippen molar-refractivity contribution in [1.29, 1.82) is 0 Å². The summed E-state index contributed by atoms with van der Waals surface area (Å²) in [4.78, 5) is 43.7. The van der Waals surface area contributed by atoms with Crippen molar-refractivity contribution >= 4 is 40.9 Å². The number of carbonyl (C=O) groups is 3. The van der Waals surface area contributed by atoms with Crippen molar-refractivity contribution in [1.82, 2.24) is 14.7 Å². The Kier molecular flexibility index (Phi) is 8.05. The minimum Gasteiger partial charge on any atom is -0.342 e. The number of benzene rings is 1. The fraction of sp³-hybridized carbons (Fsp3) is 0.654. The second-order valence-electron chi connectivity index (χ2n) is 10.8. The van der Waals surface area contributed by atoms with Crippen LogP contribution >= 0.6 is 23.2 Å². The molecule has 0 spiro atoms. The van der Waals surface area contributed by atoms with Crippen LogP contribution in [-0.4, -0.2) is 77.9 Å². The number of nitrogens with zero attached hydrogens (tertiary/aromatic N) is 3. The van der Waals surface area contributed by atoms with Gasteiger partial charge in [0.2, 0.25) is 17.7 Å². The van der Waals surface area contributed by atoms with Gasteiger partial charge in [0, 0.05) is 56.9 Å². The Bertz CT molecular complexity index is 1060. The van der Waals surface area contributed by atoms with Crippen LogP contribution in [0.3, 0.4) is 0 Å². The Balaban J connectivity index is 1.46. The Labute approximate surface area is 225 Å². The van der Waals surface area contributed by atoms with E-state index in [0.29, 0.717) is 42.5 Å². The van der Waals surface area contributed by atoms with Gasteiger partial charge in [0.1, 0.15) is 0 Å². The highest BCUT2D eigenvalue weighted by atomic mass is 35.5. The average molecular weight is 562 g/mol. The van der Waals surface area contributed by atoms with Crippen LogP contribution in [0.4, 0.5) is 13.2 Å². The molecule has 2 atom stereocenters. The average Bonchev–Trinajstić information content (AvgIpc) is 3.46. The van der Waals surface area contributed by atoms with Gasteiger partial charge in [0.15, 0.2) is 0 Å². The predicted octanol–water partition coefficient (Wildman–Crippen LogP) is 5.13. The smallest absolute Gasteiger partial charge is 0.342 e. The summed E-state index contributed by atoms with van der Waals surface area (Å²) in [5.41, 5.74) is 0.526. The maximum absolute atomic E-state index is 13.5. The van der Waals surface area contributed by atoms with Crippen LogP contribution in [0.2, 0.25) is 10.0 Å². The second-order valence-corrected chi connectivity index (χ2v) is 11.7. The molecule has 37 heavy (non-hydrogen) atoms. The number of piperidine rings is 1. The molecule has 2 heterocycles. The van der Waals surface area contributed by atoms with Crippen molar-refractivity contribution in [3.63, 3.8) is 0 Å². The first-order valence-corrected chi connectivity index (χ1v) is 13.4. The van der Waals surface area contributed by atoms with Crippen LogP contribution in [0.25, 0.3) is 0 Å². The third-order valence-corrected chi connectivity index (χ3v) is 8.87. The second kappa shape index (κ2) is 10.6. The zero-order valence-corrected chi connectivity index (χ0v) is 22.5. The van der Waals surface area contributed by atoms with Crippen LogP contribution < -0.4 is 0 Å². The molecule has 0 bridgehead atoms. The molecule has 2 aliphatic heterocycles. The number of likely N-dealkylation sites (tertiary alicyclic amines) is 2. The molecule has 0 aromatic heterocycles. The number of rotatable bonds is 6. The number of carbonyl (C=O) groups excluding carboxylic acids is 3. The van der Waals surface area contributed by atoms with Gasteiger partial charge in [-0.1, -0.05) is 36.2 Å². The van der Waals surface area contributed by atoms with Crippen LogP contribution in [0.1, 0.15) is 56.9 Å². The molecular weight excluding hydrogens is 530 g/mol. The summed E-state index contributed by atoms with van der Waals surface area (Å²) in [6.45, 7) is 3.58. The monoisotopic (exact) mass is 561 g/mol. The lowest BCUT2D eigenvalue weighted by Crippen LogP contribution is -2.46. The van der Waals surface area contributed by atoms with Crippen molar-refractivity contribution in [2.24, 2.45) is 11.3 Å². The SMILES string of the molecule is CN(C(=O)CCC(F)(F)F)[C@H]1CN(C(=O)C2CCN(C(=O)C3(C)CC3)CC2)C[C@@H]1c1ccc(Cl)c(Cl)c1. The van der Waals surface area contributed by atoms with E-state index in [1.807, 2.05) is 11.8 Å². The largest absolute Gasteiger partial charge is 0.389 e. The Morgan fingerprint density at radius 1 is 1.05 bits per heavy atom. The van der Waals surface area contributed by atoms with E-state index in [1.54, 1.807) is 23.1 Å². The minimum absolute atomic E-state index is 0.0477. The molecule has 11 heteroatoms. The van der Waals surface area contributed by atoms with E-state index in [2.05, 4.69) is 0 Å². The van der Waals surface area contributed by atoms with Gasteiger partial charge in [-0.3, -0.25) is 14.4 Å². The molecule has 1 aromatic rings. The summed E-state index contributed by atoms with van der Waals surface area (Å²) in [5, 5.41) is 0.694. The molecule has 3 aliphatic rings. The normalized spacial score (nSPS) is 23.8. The maximum atomic E-state index is 13.5. The van der Waals surface area contributed by atoms with E-state index in [-0.39, 0.29) is 35.6 Å². The lowest BCUT2D eigenvalue weighted by atomic mass is 9.93. The highest BCUT2D eigenvalue weighted by molar-refractivity contribution is 6.42. The van der Waals surface area contributed by atoms with E-state index >= 15 is 0 Å². The van der Waals surface area contributed by atoms with Crippen molar-refractivity contribution in [2.75, 3.05) is 33.2 Å². The Morgan fingerprint density at radius 3 is 2.27 bits per heavy atom. The molecule has 2 saturated heterocycles. The highest BCUT2D eigenvalue weighted by Crippen LogP contribution is 2.47. The van der Waals surface area contributed by atoms with Crippen LogP contribution in [0.5, 0.6) is 0 Å². The molecule has 0 unspecified atom stereocenters. The van der Waals surface area contributed by atoms with Crippen molar-refractivity contribution in [3.05, 3.63) is 33.8 Å². The molecular formula is C26H32Cl2F3N3O3. The molecule has 1 aliphatic carbocycles. The van der Waals surface area contributed by atoms with Gasteiger partial charge >= 0.3 is 6.18 Å². The first kappa shape index (κ1) is 28.0. The number of amides is 3. The molecule has 0 N–H and O–H groups in total. The number of hydrogen-bond donors (Lipinski definition) is 0. The van der Waals surface area contributed by atoms with Gasteiger partial charge in [0.05, 0.1) is 22.5 Å². The number of likely N-dealkylation sites (N-methyl/N-ethyl adjacent to an activating group) is 1. The minimum atomic E-state index is -4.43. The van der Waals surface area contributed by atoms with Crippen LogP contribution in [0.15, 0.2) is 18.2 Å². The van der Waals surface area contributed by atoms with Gasteiger partial charge in [-0.25, -0.2) is 0 Å². The zero-order chi connectivity index (χ0) is 27.1. The number of hydrogen-bond acceptors (Lipinski definition) is 3. The highest BCUT2D eigenvalue weighted by Gasteiger charge is 2.48. The van der Waals surface area contributed by atoms with Gasteiger partial charge < -0.3 is 14.7 Å². The molecule has 4 rings (SSSR count). The van der Waals surface area contributed by atoms with Crippen molar-refractivity contribution < 1.29 is 27.6 Å². The van der Waals surface area contributed by atoms with Crippen LogP contribution in [0, 0.1) is 11.3 Å². The summed E-state index contributed by atoms with van der Waals surface area (Å²) in [6.07, 6.45) is -3.32. The summed E-state index contributed by atoms with van der Waals surface area (Å²) < 4.78 is 38.2. The zero-order valence-electron chi connectivity index (χ0n) is 21.0. The fourth-order valence-electron chi connectivity index (χ4n) is 5.41. The summed E-state index contributed by atoms with van der Waals surface area (Å²) in [7, 11) is 1.49. The van der Waals surface area contributed by atoms with Gasteiger partial charge in [-0.15, -0.1) is 0 Å². The summed E-state index contributed by atoms with van der Waals surface area (Å²) in [5.74, 6) is -1.07. The van der Waals surface area contributed by atoms with Crippen molar-refractivity contribution in [2.45, 2.75) is 63.6 Å². The van der Waals surface area contributed by atoms with Gasteiger partial charge in [0.25, 0.3) is 0 Å². The molecule has 0 radical (unpaired) electrons. The Morgan fingerprint density at radius 2 is 1.70 bits per heavy atom. The third kappa shape index (κ3) is 6.36. The predicted molar refractivity (Wildman–Crippen MR) is 134 cm³/mol. The first-order valence-electron chi connectivity index (χ1n) is 12.6. The first-order chi connectivity index (χ1) is 17.3. The van der Waals surface area contributed by atoms with E-state index in [9.17, 15) is 27.6 Å². The molecule has 204 valence electrons. The molecule has 1 saturated carbocycles. The van der Waals surface area contributed by atoms with Gasteiger partial charge in [-0.05, 0) is 43.4 Å². The van der Waals surface area contributed by atoms with E-state index in [1.165, 1.54) is 11.9 Å². The molecule has 6 nitrogen and oxygen atoms in total. The number of alkyl halides is 3. The number of halogens is 5. The lowest BCUT2D eigenvalue weighted by Gasteiger charge is -2.34. The lowest BCUT2D eigenvalue weighted by molar-refractivity contribution is -0.149. The Hall–Kier alpha value is -2.00. The summed E-state index contributed by atoms with van der Waals surface area (Å²) in [6, 6.07) is 4.60. The van der Waals surface area contributed by atoms with E-state index in [0.717, 1.165) is 18.4 Å². The maximum Gasteiger partial charge on any atom is 0.389 e.